The van der Waals surface area contributed by atoms with Gasteiger partial charge in [-0.2, -0.15) is 4.31 Å². The van der Waals surface area contributed by atoms with Gasteiger partial charge in [-0.25, -0.2) is 13.4 Å². The summed E-state index contributed by atoms with van der Waals surface area (Å²) in [6.45, 7) is 4.35. The quantitative estimate of drug-likeness (QED) is 0.768. The lowest BCUT2D eigenvalue weighted by Crippen LogP contribution is -2.33. The Morgan fingerprint density at radius 2 is 1.96 bits per heavy atom. The van der Waals surface area contributed by atoms with E-state index >= 15 is 0 Å². The predicted octanol–water partition coefficient (Wildman–Crippen LogP) is 2.32. The molecule has 2 rings (SSSR count). The Balaban J connectivity index is 2.25. The van der Waals surface area contributed by atoms with Gasteiger partial charge in [0.2, 0.25) is 5.91 Å². The number of sulfonamides is 1. The Morgan fingerprint density at radius 1 is 1.28 bits per heavy atom. The normalized spacial score (nSPS) is 12.1. The largest absolute Gasteiger partial charge is 0.308 e. The van der Waals surface area contributed by atoms with E-state index in [4.69, 9.17) is 0 Å². The molecule has 0 saturated carbocycles. The number of hydrogen-bond donors (Lipinski definition) is 1. The number of thiazole rings is 1. The highest BCUT2D eigenvalue weighted by Crippen LogP contribution is 2.37. The molecule has 10 heteroatoms. The third kappa shape index (κ3) is 4.85. The van der Waals surface area contributed by atoms with Crippen molar-refractivity contribution < 1.29 is 13.2 Å². The molecule has 0 unspecified atom stereocenters. The number of aryl methyl sites for hydroxylation is 1. The molecule has 0 atom stereocenters. The number of carbonyl (C=O) groups excluding carboxylic acids is 1. The fourth-order valence-electron chi connectivity index (χ4n) is 2.05. The van der Waals surface area contributed by atoms with Crippen molar-refractivity contribution in [3.8, 4) is 10.4 Å². The van der Waals surface area contributed by atoms with E-state index in [1.165, 1.54) is 33.9 Å². The van der Waals surface area contributed by atoms with Gasteiger partial charge >= 0.3 is 0 Å². The summed E-state index contributed by atoms with van der Waals surface area (Å²) in [5.41, 5.74) is 1.56. The molecule has 0 aliphatic rings. The van der Waals surface area contributed by atoms with Crippen LogP contribution in [-0.2, 0) is 14.8 Å². The van der Waals surface area contributed by atoms with E-state index in [2.05, 4.69) is 10.3 Å². The number of likely N-dealkylation sites (N-methyl/N-ethyl adjacent to an activating group) is 2. The predicted molar refractivity (Wildman–Crippen MR) is 103 cm³/mol. The van der Waals surface area contributed by atoms with Gasteiger partial charge in [-0.1, -0.05) is 11.3 Å². The summed E-state index contributed by atoms with van der Waals surface area (Å²) in [6.07, 6.45) is 0. The van der Waals surface area contributed by atoms with E-state index in [1.54, 1.807) is 13.1 Å². The van der Waals surface area contributed by atoms with Gasteiger partial charge in [0.1, 0.15) is 4.21 Å². The van der Waals surface area contributed by atoms with E-state index in [1.807, 2.05) is 31.3 Å². The Kier molecular flexibility index (Phi) is 6.33. The van der Waals surface area contributed by atoms with Crippen molar-refractivity contribution in [2.75, 3.05) is 39.5 Å². The molecule has 2 aromatic heterocycles. The SMILES string of the molecule is CC(=O)Nc1nc(C)c(-c2csc(S(=O)(=O)N(C)CCN(C)C)c2)s1. The first-order valence-electron chi connectivity index (χ1n) is 7.56. The van der Waals surface area contributed by atoms with Crippen LogP contribution in [0.1, 0.15) is 12.6 Å². The van der Waals surface area contributed by atoms with Gasteiger partial charge < -0.3 is 10.2 Å². The number of nitrogens with zero attached hydrogens (tertiary/aromatic N) is 3. The van der Waals surface area contributed by atoms with E-state index in [-0.39, 0.29) is 5.91 Å². The molecule has 138 valence electrons. The maximum atomic E-state index is 12.7. The van der Waals surface area contributed by atoms with E-state index in [0.29, 0.717) is 22.4 Å². The zero-order valence-corrected chi connectivity index (χ0v) is 17.3. The molecule has 1 N–H and O–H groups in total. The molecule has 0 saturated heterocycles. The number of hydrogen-bond acceptors (Lipinski definition) is 7. The van der Waals surface area contributed by atoms with Crippen molar-refractivity contribution in [1.29, 1.82) is 0 Å². The van der Waals surface area contributed by atoms with Crippen LogP contribution in [0.15, 0.2) is 15.7 Å². The highest BCUT2D eigenvalue weighted by atomic mass is 32.2. The van der Waals surface area contributed by atoms with E-state index in [0.717, 1.165) is 16.1 Å². The Morgan fingerprint density at radius 3 is 2.56 bits per heavy atom. The molecule has 2 aromatic rings. The van der Waals surface area contributed by atoms with Crippen molar-refractivity contribution in [2.45, 2.75) is 18.1 Å². The summed E-state index contributed by atoms with van der Waals surface area (Å²) >= 11 is 2.53. The minimum absolute atomic E-state index is 0.184. The van der Waals surface area contributed by atoms with E-state index < -0.39 is 10.0 Å². The monoisotopic (exact) mass is 402 g/mol. The van der Waals surface area contributed by atoms with Crippen LogP contribution in [0, 0.1) is 6.92 Å². The first-order chi connectivity index (χ1) is 11.6. The van der Waals surface area contributed by atoms with Crippen LogP contribution < -0.4 is 5.32 Å². The molecule has 7 nitrogen and oxygen atoms in total. The van der Waals surface area contributed by atoms with Crippen molar-refractivity contribution in [1.82, 2.24) is 14.2 Å². The molecular formula is C15H22N4O3S3. The Bertz CT molecular complexity index is 855. The lowest BCUT2D eigenvalue weighted by atomic mass is 10.2. The Hall–Kier alpha value is -1.33. The molecule has 25 heavy (non-hydrogen) atoms. The van der Waals surface area contributed by atoms with Crippen LogP contribution in [0.4, 0.5) is 5.13 Å². The number of thiophene rings is 1. The van der Waals surface area contributed by atoms with Gasteiger partial charge in [0.25, 0.3) is 10.0 Å². The van der Waals surface area contributed by atoms with Crippen LogP contribution in [-0.4, -0.2) is 62.7 Å². The van der Waals surface area contributed by atoms with Gasteiger partial charge in [0.05, 0.1) is 10.6 Å². The summed E-state index contributed by atoms with van der Waals surface area (Å²) < 4.78 is 27.0. The summed E-state index contributed by atoms with van der Waals surface area (Å²) in [4.78, 5) is 18.3. The van der Waals surface area contributed by atoms with Crippen molar-refractivity contribution >= 4 is 43.7 Å². The highest BCUT2D eigenvalue weighted by Gasteiger charge is 2.24. The average molecular weight is 403 g/mol. The number of amides is 1. The number of anilines is 1. The molecule has 0 aliphatic carbocycles. The lowest BCUT2D eigenvalue weighted by molar-refractivity contribution is -0.114. The van der Waals surface area contributed by atoms with Gasteiger partial charge in [0, 0.05) is 38.0 Å². The lowest BCUT2D eigenvalue weighted by Gasteiger charge is -2.18. The molecule has 0 spiro atoms. The molecule has 0 aliphatic heterocycles. The molecule has 0 radical (unpaired) electrons. The van der Waals surface area contributed by atoms with Gasteiger partial charge in [-0.05, 0) is 27.1 Å². The number of carbonyl (C=O) groups is 1. The summed E-state index contributed by atoms with van der Waals surface area (Å²) in [7, 11) is 1.89. The topological polar surface area (TPSA) is 82.6 Å². The molecule has 0 aromatic carbocycles. The number of nitrogens with one attached hydrogen (secondary N) is 1. The van der Waals surface area contributed by atoms with Crippen LogP contribution >= 0.6 is 22.7 Å². The van der Waals surface area contributed by atoms with E-state index in [9.17, 15) is 13.2 Å². The molecule has 1 amide bonds. The zero-order chi connectivity index (χ0) is 18.8. The highest BCUT2D eigenvalue weighted by molar-refractivity contribution is 7.91. The smallest absolute Gasteiger partial charge is 0.252 e. The second-order valence-electron chi connectivity index (χ2n) is 5.90. The fraction of sp³-hybridized carbons (Fsp3) is 0.467. The number of rotatable bonds is 7. The molecule has 0 bridgehead atoms. The average Bonchev–Trinajstić information content (AvgIpc) is 3.11. The third-order valence-corrected chi connectivity index (χ3v) is 7.84. The minimum atomic E-state index is -3.51. The van der Waals surface area contributed by atoms with Gasteiger partial charge in [-0.15, -0.1) is 11.3 Å². The molecule has 0 fully saturated rings. The van der Waals surface area contributed by atoms with Crippen molar-refractivity contribution in [2.24, 2.45) is 0 Å². The first kappa shape index (κ1) is 20.0. The van der Waals surface area contributed by atoms with Crippen LogP contribution in [0.2, 0.25) is 0 Å². The zero-order valence-electron chi connectivity index (χ0n) is 14.9. The van der Waals surface area contributed by atoms with Gasteiger partial charge in [-0.3, -0.25) is 4.79 Å². The van der Waals surface area contributed by atoms with Crippen LogP contribution in [0.25, 0.3) is 10.4 Å². The van der Waals surface area contributed by atoms with Crippen LogP contribution in [0.5, 0.6) is 0 Å². The summed E-state index contributed by atoms with van der Waals surface area (Å²) in [6, 6.07) is 1.67. The molecular weight excluding hydrogens is 380 g/mol. The van der Waals surface area contributed by atoms with Crippen molar-refractivity contribution in [3.63, 3.8) is 0 Å². The maximum absolute atomic E-state index is 12.7. The van der Waals surface area contributed by atoms with Crippen LogP contribution in [0.3, 0.4) is 0 Å². The first-order valence-corrected chi connectivity index (χ1v) is 10.7. The van der Waals surface area contributed by atoms with Gasteiger partial charge in [0.15, 0.2) is 5.13 Å². The fourth-order valence-corrected chi connectivity index (χ4v) is 5.67. The second-order valence-corrected chi connectivity index (χ2v) is 10.1. The number of aromatic nitrogens is 1. The molecule has 2 heterocycles. The second kappa shape index (κ2) is 7.92. The maximum Gasteiger partial charge on any atom is 0.252 e. The third-order valence-electron chi connectivity index (χ3n) is 3.44. The standard InChI is InChI=1S/C15H22N4O3S3/c1-10-14(24-15(16-10)17-11(2)20)12-8-13(23-9-12)25(21,22)19(5)7-6-18(3)4/h8-9H,6-7H2,1-5H3,(H,16,17,20). The summed E-state index contributed by atoms with van der Waals surface area (Å²) in [5, 5.41) is 4.98. The summed E-state index contributed by atoms with van der Waals surface area (Å²) in [5.74, 6) is -0.184. The Labute approximate surface area is 156 Å². The van der Waals surface area contributed by atoms with Crippen molar-refractivity contribution in [3.05, 3.63) is 17.1 Å². The minimum Gasteiger partial charge on any atom is -0.308 e.